The van der Waals surface area contributed by atoms with Crippen LogP contribution in [-0.2, 0) is 17.4 Å². The normalized spacial score (nSPS) is 5.54. The van der Waals surface area contributed by atoms with Gasteiger partial charge in [0.2, 0.25) is 0 Å². The molecule has 0 aromatic carbocycles. The minimum absolute atomic E-state index is 0. The van der Waals surface area contributed by atoms with Gasteiger partial charge in [0.15, 0.2) is 0 Å². The number of amides is 12. The number of nitrogens with two attached hydrogens (primary N) is 12. The van der Waals surface area contributed by atoms with Gasteiger partial charge in [-0.25, -0.2) is 28.8 Å². The Morgan fingerprint density at radius 2 is 0.308 bits per heavy atom. The molecule has 155 valence electrons. The maximum absolute atomic E-state index is 9.00. The van der Waals surface area contributed by atoms with E-state index in [1.54, 1.807) is 0 Å². The molecule has 0 aliphatic carbocycles. The van der Waals surface area contributed by atoms with Crippen LogP contribution in [0, 0.1) is 0 Å². The summed E-state index contributed by atoms with van der Waals surface area (Å²) in [6.45, 7) is 0. The first-order valence-corrected chi connectivity index (χ1v) is 4.69. The van der Waals surface area contributed by atoms with E-state index >= 15 is 0 Å². The molecular formula is C6H24ClCrN12O6+2. The minimum atomic E-state index is -0.833. The van der Waals surface area contributed by atoms with Crippen LogP contribution in [-0.4, -0.2) is 36.2 Å². The Hall–Kier alpha value is -3.56. The predicted octanol–water partition coefficient (Wildman–Crippen LogP) is -8.86. The number of hydrogen-bond donors (Lipinski definition) is 12. The van der Waals surface area contributed by atoms with Gasteiger partial charge in [0, 0.05) is 0 Å². The van der Waals surface area contributed by atoms with E-state index in [0.717, 1.165) is 0 Å². The third-order valence-electron chi connectivity index (χ3n) is 0. The molecule has 0 aromatic rings. The maximum Gasteiger partial charge on any atom is 3.00 e. The molecule has 1 radical (unpaired) electrons. The molecule has 0 rings (SSSR count). The Kier molecular flexibility index (Phi) is 81.7. The Balaban J connectivity index is -0.0000000245. The number of hydrogen-bond acceptors (Lipinski definition) is 6. The summed E-state index contributed by atoms with van der Waals surface area (Å²) in [5.41, 5.74) is 51.0. The van der Waals surface area contributed by atoms with Gasteiger partial charge in [0.1, 0.15) is 0 Å². The number of rotatable bonds is 0. The molecule has 0 unspecified atom stereocenters. The van der Waals surface area contributed by atoms with E-state index in [1.165, 1.54) is 0 Å². The molecule has 26 heavy (non-hydrogen) atoms. The summed E-state index contributed by atoms with van der Waals surface area (Å²) in [6.07, 6.45) is 0. The molecule has 0 aliphatic heterocycles. The Bertz CT molecular complexity index is 279. The first-order valence-electron chi connectivity index (χ1n) is 4.69. The maximum atomic E-state index is 9.00. The summed E-state index contributed by atoms with van der Waals surface area (Å²) in [5.74, 6) is 0. The summed E-state index contributed by atoms with van der Waals surface area (Å²) < 4.78 is 0. The quantitative estimate of drug-likeness (QED) is 0.170. The van der Waals surface area contributed by atoms with Crippen LogP contribution in [0.4, 0.5) is 28.8 Å². The van der Waals surface area contributed by atoms with E-state index in [0.29, 0.717) is 0 Å². The van der Waals surface area contributed by atoms with E-state index < -0.39 is 36.2 Å². The number of carbonyl (C=O) groups is 6. The van der Waals surface area contributed by atoms with E-state index in [1.807, 2.05) is 0 Å². The van der Waals surface area contributed by atoms with Crippen molar-refractivity contribution in [3.63, 3.8) is 0 Å². The van der Waals surface area contributed by atoms with Crippen LogP contribution in [0.15, 0.2) is 0 Å². The van der Waals surface area contributed by atoms with Crippen molar-refractivity contribution in [2.45, 2.75) is 0 Å². The number of carbonyl (C=O) groups excluding carboxylic acids is 6. The predicted molar refractivity (Wildman–Crippen MR) is 82.6 cm³/mol. The van der Waals surface area contributed by atoms with Crippen LogP contribution in [0.25, 0.3) is 0 Å². The van der Waals surface area contributed by atoms with Gasteiger partial charge in [-0.1, -0.05) is 0 Å². The van der Waals surface area contributed by atoms with Gasteiger partial charge in [-0.2, -0.15) is 0 Å². The van der Waals surface area contributed by atoms with Crippen molar-refractivity contribution in [1.29, 1.82) is 0 Å². The second-order valence-corrected chi connectivity index (χ2v) is 2.41. The van der Waals surface area contributed by atoms with Crippen LogP contribution < -0.4 is 81.2 Å². The van der Waals surface area contributed by atoms with Gasteiger partial charge in [-0.05, 0) is 0 Å². The molecule has 0 atom stereocenters. The molecule has 0 bridgehead atoms. The molecule has 0 saturated heterocycles. The topological polar surface area (TPSA) is 415 Å². The molecule has 0 saturated carbocycles. The van der Waals surface area contributed by atoms with Gasteiger partial charge in [0.05, 0.1) is 0 Å². The molecule has 0 aromatic heterocycles. The number of primary amides is 12. The van der Waals surface area contributed by atoms with E-state index in [-0.39, 0.29) is 29.8 Å². The zero-order valence-electron chi connectivity index (χ0n) is 13.2. The van der Waals surface area contributed by atoms with Crippen LogP contribution >= 0.6 is 0 Å². The molecular weight excluding hydrogens is 424 g/mol. The SMILES string of the molecule is NC(N)=O.NC(N)=O.NC(N)=O.NC(N)=O.NC(N)=O.NC(N)=O.[Cl-].[Cr+3]. The average molecular weight is 448 g/mol. The van der Waals surface area contributed by atoms with Gasteiger partial charge >= 0.3 is 53.5 Å². The fourth-order valence-electron chi connectivity index (χ4n) is 0. The van der Waals surface area contributed by atoms with Crippen molar-refractivity contribution in [3.8, 4) is 0 Å². The van der Waals surface area contributed by atoms with Crippen molar-refractivity contribution in [2.24, 2.45) is 68.8 Å². The van der Waals surface area contributed by atoms with E-state index in [9.17, 15) is 0 Å². The van der Waals surface area contributed by atoms with Crippen molar-refractivity contribution in [2.75, 3.05) is 0 Å². The van der Waals surface area contributed by atoms with Crippen LogP contribution in [0.3, 0.4) is 0 Å². The smallest absolute Gasteiger partial charge is 1.00 e. The number of halogens is 1. The second-order valence-electron chi connectivity index (χ2n) is 2.41. The summed E-state index contributed by atoms with van der Waals surface area (Å²) in [5, 5.41) is 0. The van der Waals surface area contributed by atoms with E-state index in [4.69, 9.17) is 28.8 Å². The van der Waals surface area contributed by atoms with Gasteiger partial charge in [-0.3, -0.25) is 0 Å². The minimum Gasteiger partial charge on any atom is -1.00 e. The summed E-state index contributed by atoms with van der Waals surface area (Å²) in [6, 6.07) is -5.00. The Morgan fingerprint density at radius 3 is 0.308 bits per heavy atom. The zero-order valence-corrected chi connectivity index (χ0v) is 15.2. The second kappa shape index (κ2) is 43.0. The average Bonchev–Trinajstić information content (AvgIpc) is 2.08. The summed E-state index contributed by atoms with van der Waals surface area (Å²) in [7, 11) is 0. The summed E-state index contributed by atoms with van der Waals surface area (Å²) >= 11 is 0. The number of urea groups is 6. The van der Waals surface area contributed by atoms with Crippen molar-refractivity contribution in [3.05, 3.63) is 0 Å². The first kappa shape index (κ1) is 49.5. The van der Waals surface area contributed by atoms with Gasteiger partial charge in [-0.15, -0.1) is 0 Å². The summed E-state index contributed by atoms with van der Waals surface area (Å²) in [4.78, 5) is 54.0. The largest absolute Gasteiger partial charge is 3.00 e. The molecule has 0 spiro atoms. The van der Waals surface area contributed by atoms with Crippen molar-refractivity contribution >= 4 is 36.2 Å². The van der Waals surface area contributed by atoms with E-state index in [2.05, 4.69) is 68.8 Å². The molecule has 0 fully saturated rings. The third-order valence-corrected chi connectivity index (χ3v) is 0. The molecule has 0 aliphatic rings. The van der Waals surface area contributed by atoms with Crippen molar-refractivity contribution in [1.82, 2.24) is 0 Å². The monoisotopic (exact) mass is 447 g/mol. The first-order chi connectivity index (χ1) is 10.4. The van der Waals surface area contributed by atoms with Crippen LogP contribution in [0.2, 0.25) is 0 Å². The Labute approximate surface area is 164 Å². The molecule has 0 heterocycles. The van der Waals surface area contributed by atoms with Crippen LogP contribution in [0.1, 0.15) is 0 Å². The molecule has 20 heteroatoms. The molecule has 12 amide bonds. The molecule has 24 N–H and O–H groups in total. The van der Waals surface area contributed by atoms with Gasteiger partial charge < -0.3 is 81.2 Å². The Morgan fingerprint density at radius 1 is 0.308 bits per heavy atom. The fourth-order valence-corrected chi connectivity index (χ4v) is 0. The standard InChI is InChI=1S/6CH4N2O.ClH.Cr/c6*2-1(3)4;;/h6*(H4,2,3,4);1H;/q;;;;;;;+3/p-1. The van der Waals surface area contributed by atoms with Crippen molar-refractivity contribution < 1.29 is 58.5 Å². The van der Waals surface area contributed by atoms with Crippen LogP contribution in [0.5, 0.6) is 0 Å². The third kappa shape index (κ3) is 611. The fraction of sp³-hybridized carbons (Fsp3) is 0. The zero-order chi connectivity index (χ0) is 21.5. The molecule has 18 nitrogen and oxygen atoms in total. The van der Waals surface area contributed by atoms with Gasteiger partial charge in [0.25, 0.3) is 0 Å².